The van der Waals surface area contributed by atoms with Crippen LogP contribution >= 0.6 is 0 Å². The molecule has 0 aliphatic heterocycles. The van der Waals surface area contributed by atoms with Crippen molar-refractivity contribution in [3.8, 4) is 0 Å². The Labute approximate surface area is 119 Å². The third-order valence-corrected chi connectivity index (χ3v) is 2.91. The van der Waals surface area contributed by atoms with Crippen LogP contribution in [0.25, 0.3) is 0 Å². The zero-order chi connectivity index (χ0) is 15.0. The number of nitrogens with two attached hydrogens (primary N) is 1. The number of hydrogen-bond donors (Lipinski definition) is 1. The van der Waals surface area contributed by atoms with Crippen LogP contribution in [0.2, 0.25) is 0 Å². The molecule has 1 rings (SSSR count). The van der Waals surface area contributed by atoms with E-state index < -0.39 is 17.9 Å². The Balaban J connectivity index is 2.89. The Morgan fingerprint density at radius 3 is 2.25 bits per heavy atom. The minimum absolute atomic E-state index is 0.0534. The molecule has 0 spiro atoms. The number of esters is 2. The van der Waals surface area contributed by atoms with E-state index in [1.165, 1.54) is 0 Å². The average molecular weight is 279 g/mol. The number of carbonyl (C=O) groups excluding carboxylic acids is 2. The molecule has 0 amide bonds. The number of ether oxygens (including phenoxy) is 2. The van der Waals surface area contributed by atoms with Crippen molar-refractivity contribution in [1.29, 1.82) is 0 Å². The lowest BCUT2D eigenvalue weighted by molar-refractivity contribution is -0.147. The Kier molecular flexibility index (Phi) is 6.73. The van der Waals surface area contributed by atoms with Crippen molar-refractivity contribution in [2.45, 2.75) is 32.2 Å². The molecule has 0 fully saturated rings. The molecule has 2 N–H and O–H groups in total. The lowest BCUT2D eigenvalue weighted by Gasteiger charge is -2.22. The molecule has 0 heterocycles. The maximum Gasteiger partial charge on any atom is 0.323 e. The summed E-state index contributed by atoms with van der Waals surface area (Å²) in [4.78, 5) is 23.5. The molecule has 0 aliphatic carbocycles. The molecule has 2 atom stereocenters. The Hall–Kier alpha value is -1.88. The van der Waals surface area contributed by atoms with E-state index in [2.05, 4.69) is 0 Å². The lowest BCUT2D eigenvalue weighted by Crippen LogP contribution is -2.39. The van der Waals surface area contributed by atoms with Gasteiger partial charge in [-0.25, -0.2) is 0 Å². The Morgan fingerprint density at radius 2 is 1.70 bits per heavy atom. The summed E-state index contributed by atoms with van der Waals surface area (Å²) in [6, 6.07) is 8.32. The van der Waals surface area contributed by atoms with Crippen molar-refractivity contribution in [2.75, 3.05) is 13.2 Å². The van der Waals surface area contributed by atoms with Gasteiger partial charge >= 0.3 is 11.9 Å². The molecule has 0 saturated heterocycles. The van der Waals surface area contributed by atoms with Gasteiger partial charge in [-0.3, -0.25) is 9.59 Å². The summed E-state index contributed by atoms with van der Waals surface area (Å²) in [5.74, 6) is -1.33. The Bertz CT molecular complexity index is 433. The molecule has 1 aromatic carbocycles. The smallest absolute Gasteiger partial charge is 0.323 e. The number of rotatable bonds is 7. The van der Waals surface area contributed by atoms with Crippen LogP contribution in [0, 0.1) is 0 Å². The standard InChI is InChI=1S/C15H21NO4/c1-3-19-13(17)10-12(11-8-6-5-7-9-11)14(16)15(18)20-4-2/h5-9,12,14H,3-4,10,16H2,1-2H3/t12-,14-/m0/s1. The highest BCUT2D eigenvalue weighted by atomic mass is 16.5. The van der Waals surface area contributed by atoms with Crippen LogP contribution in [0.5, 0.6) is 0 Å². The van der Waals surface area contributed by atoms with Gasteiger partial charge in [0.1, 0.15) is 6.04 Å². The van der Waals surface area contributed by atoms with Crippen molar-refractivity contribution in [2.24, 2.45) is 5.73 Å². The first-order valence-electron chi connectivity index (χ1n) is 6.72. The maximum absolute atomic E-state index is 11.8. The Morgan fingerprint density at radius 1 is 1.10 bits per heavy atom. The number of benzene rings is 1. The predicted molar refractivity (Wildman–Crippen MR) is 75.0 cm³/mol. The zero-order valence-electron chi connectivity index (χ0n) is 11.9. The summed E-state index contributed by atoms with van der Waals surface area (Å²) in [6.45, 7) is 4.01. The molecule has 0 saturated carbocycles. The molecule has 0 aromatic heterocycles. The van der Waals surface area contributed by atoms with E-state index in [9.17, 15) is 9.59 Å². The first-order chi connectivity index (χ1) is 9.60. The molecular formula is C15H21NO4. The largest absolute Gasteiger partial charge is 0.466 e. The van der Waals surface area contributed by atoms with Gasteiger partial charge in [0, 0.05) is 5.92 Å². The first kappa shape index (κ1) is 16.2. The molecule has 20 heavy (non-hydrogen) atoms. The van der Waals surface area contributed by atoms with E-state index >= 15 is 0 Å². The van der Waals surface area contributed by atoms with Gasteiger partial charge in [0.2, 0.25) is 0 Å². The fraction of sp³-hybridized carbons (Fsp3) is 0.467. The van der Waals surface area contributed by atoms with Gasteiger partial charge in [-0.1, -0.05) is 30.3 Å². The third-order valence-electron chi connectivity index (χ3n) is 2.91. The van der Waals surface area contributed by atoms with Crippen molar-refractivity contribution in [3.63, 3.8) is 0 Å². The zero-order valence-corrected chi connectivity index (χ0v) is 11.9. The fourth-order valence-corrected chi connectivity index (χ4v) is 1.95. The van der Waals surface area contributed by atoms with Gasteiger partial charge in [0.05, 0.1) is 19.6 Å². The van der Waals surface area contributed by atoms with Crippen LogP contribution in [-0.2, 0) is 19.1 Å². The SMILES string of the molecule is CCOC(=O)C[C@@H](c1ccccc1)[C@H](N)C(=O)OCC. The van der Waals surface area contributed by atoms with Gasteiger partial charge in [-0.05, 0) is 19.4 Å². The normalized spacial score (nSPS) is 13.3. The lowest BCUT2D eigenvalue weighted by atomic mass is 9.89. The number of hydrogen-bond acceptors (Lipinski definition) is 5. The van der Waals surface area contributed by atoms with E-state index in [-0.39, 0.29) is 19.0 Å². The van der Waals surface area contributed by atoms with E-state index in [0.717, 1.165) is 5.56 Å². The molecule has 0 radical (unpaired) electrons. The minimum Gasteiger partial charge on any atom is -0.466 e. The van der Waals surface area contributed by atoms with E-state index in [1.807, 2.05) is 30.3 Å². The van der Waals surface area contributed by atoms with E-state index in [0.29, 0.717) is 6.61 Å². The maximum atomic E-state index is 11.8. The molecule has 5 heteroatoms. The quantitative estimate of drug-likeness (QED) is 0.767. The van der Waals surface area contributed by atoms with Crippen molar-refractivity contribution < 1.29 is 19.1 Å². The summed E-state index contributed by atoms with van der Waals surface area (Å²) >= 11 is 0. The van der Waals surface area contributed by atoms with Crippen LogP contribution in [0.3, 0.4) is 0 Å². The topological polar surface area (TPSA) is 78.6 Å². The van der Waals surface area contributed by atoms with Gasteiger partial charge < -0.3 is 15.2 Å². The van der Waals surface area contributed by atoms with Gasteiger partial charge in [0.15, 0.2) is 0 Å². The fourth-order valence-electron chi connectivity index (χ4n) is 1.95. The second-order valence-corrected chi connectivity index (χ2v) is 4.30. The summed E-state index contributed by atoms with van der Waals surface area (Å²) < 4.78 is 9.87. The first-order valence-corrected chi connectivity index (χ1v) is 6.72. The monoisotopic (exact) mass is 279 g/mol. The highest BCUT2D eigenvalue weighted by Crippen LogP contribution is 2.24. The van der Waals surface area contributed by atoms with Crippen molar-refractivity contribution in [3.05, 3.63) is 35.9 Å². The summed E-state index contributed by atoms with van der Waals surface area (Å²) in [6.07, 6.45) is 0.0534. The van der Waals surface area contributed by atoms with Crippen LogP contribution in [0.4, 0.5) is 0 Å². The highest BCUT2D eigenvalue weighted by molar-refractivity contribution is 5.79. The molecule has 110 valence electrons. The predicted octanol–water partition coefficient (Wildman–Crippen LogP) is 1.61. The molecule has 0 aliphatic rings. The summed E-state index contributed by atoms with van der Waals surface area (Å²) in [7, 11) is 0. The second-order valence-electron chi connectivity index (χ2n) is 4.30. The number of carbonyl (C=O) groups is 2. The molecule has 0 unspecified atom stereocenters. The molecule has 1 aromatic rings. The minimum atomic E-state index is -0.887. The van der Waals surface area contributed by atoms with Gasteiger partial charge in [-0.2, -0.15) is 0 Å². The molecule has 0 bridgehead atoms. The second kappa shape index (κ2) is 8.32. The molecule has 5 nitrogen and oxygen atoms in total. The van der Waals surface area contributed by atoms with Crippen molar-refractivity contribution in [1.82, 2.24) is 0 Å². The summed E-state index contributed by atoms with van der Waals surface area (Å²) in [5, 5.41) is 0. The van der Waals surface area contributed by atoms with Crippen LogP contribution in [0.15, 0.2) is 30.3 Å². The third kappa shape index (κ3) is 4.66. The van der Waals surface area contributed by atoms with Crippen molar-refractivity contribution >= 4 is 11.9 Å². The molecular weight excluding hydrogens is 258 g/mol. The average Bonchev–Trinajstić information content (AvgIpc) is 2.45. The van der Waals surface area contributed by atoms with Crippen LogP contribution < -0.4 is 5.73 Å². The van der Waals surface area contributed by atoms with E-state index in [1.54, 1.807) is 13.8 Å². The van der Waals surface area contributed by atoms with E-state index in [4.69, 9.17) is 15.2 Å². The van der Waals surface area contributed by atoms with Crippen LogP contribution in [0.1, 0.15) is 31.7 Å². The van der Waals surface area contributed by atoms with Crippen LogP contribution in [-0.4, -0.2) is 31.2 Å². The highest BCUT2D eigenvalue weighted by Gasteiger charge is 2.29. The van der Waals surface area contributed by atoms with Gasteiger partial charge in [0.25, 0.3) is 0 Å². The van der Waals surface area contributed by atoms with Gasteiger partial charge in [-0.15, -0.1) is 0 Å². The summed E-state index contributed by atoms with van der Waals surface area (Å²) in [5.41, 5.74) is 6.76.